The molecular formula is C10H15F5N2O. The minimum Gasteiger partial charge on any atom is -0.336 e. The summed E-state index contributed by atoms with van der Waals surface area (Å²) in [5.74, 6) is -7.51. The molecule has 0 aromatic rings. The van der Waals surface area contributed by atoms with E-state index in [2.05, 4.69) is 0 Å². The minimum absolute atomic E-state index is 0.302. The zero-order valence-corrected chi connectivity index (χ0v) is 10.1. The smallest absolute Gasteiger partial charge is 0.336 e. The number of piperidine rings is 1. The van der Waals surface area contributed by atoms with Crippen LogP contribution in [-0.2, 0) is 4.79 Å². The van der Waals surface area contributed by atoms with Crippen LogP contribution in [0.2, 0.25) is 0 Å². The Morgan fingerprint density at radius 2 is 1.83 bits per heavy atom. The number of halogens is 5. The maximum Gasteiger partial charge on any atom is 0.463 e. The van der Waals surface area contributed by atoms with Crippen LogP contribution in [0.1, 0.15) is 12.8 Å². The number of amides is 1. The SMILES string of the molecule is CN1CCCC(N(C)C(=O)C(F)(F)C(F)(F)F)C1. The van der Waals surface area contributed by atoms with Gasteiger partial charge in [-0.15, -0.1) is 0 Å². The lowest BCUT2D eigenvalue weighted by molar-refractivity contribution is -0.274. The highest BCUT2D eigenvalue weighted by Crippen LogP contribution is 2.37. The van der Waals surface area contributed by atoms with E-state index in [1.54, 1.807) is 11.9 Å². The molecule has 0 aromatic heterocycles. The topological polar surface area (TPSA) is 23.6 Å². The first kappa shape index (κ1) is 15.1. The Kier molecular flexibility index (Phi) is 4.19. The molecule has 0 aliphatic carbocycles. The Balaban J connectivity index is 2.77. The molecule has 0 radical (unpaired) electrons. The van der Waals surface area contributed by atoms with Crippen molar-refractivity contribution in [1.82, 2.24) is 9.80 Å². The molecule has 0 spiro atoms. The fourth-order valence-electron chi connectivity index (χ4n) is 1.96. The normalized spacial score (nSPS) is 22.9. The Labute approximate surface area is 102 Å². The van der Waals surface area contributed by atoms with Crippen LogP contribution in [0.25, 0.3) is 0 Å². The van der Waals surface area contributed by atoms with Gasteiger partial charge >= 0.3 is 18.0 Å². The zero-order valence-electron chi connectivity index (χ0n) is 10.1. The molecule has 106 valence electrons. The first-order valence-corrected chi connectivity index (χ1v) is 5.47. The summed E-state index contributed by atoms with van der Waals surface area (Å²) in [4.78, 5) is 13.6. The highest BCUT2D eigenvalue weighted by Gasteiger charge is 2.64. The number of carbonyl (C=O) groups is 1. The van der Waals surface area contributed by atoms with Crippen LogP contribution in [0.5, 0.6) is 0 Å². The lowest BCUT2D eigenvalue weighted by Crippen LogP contribution is -2.56. The van der Waals surface area contributed by atoms with Crippen LogP contribution in [0.3, 0.4) is 0 Å². The van der Waals surface area contributed by atoms with Crippen molar-refractivity contribution in [1.29, 1.82) is 0 Å². The Bertz CT molecular complexity index is 318. The van der Waals surface area contributed by atoms with Crippen molar-refractivity contribution in [2.24, 2.45) is 0 Å². The molecule has 1 atom stereocenters. The number of likely N-dealkylation sites (tertiary alicyclic amines) is 1. The zero-order chi connectivity index (χ0) is 14.1. The molecule has 0 N–H and O–H groups in total. The second kappa shape index (κ2) is 4.99. The van der Waals surface area contributed by atoms with Crippen molar-refractivity contribution in [3.05, 3.63) is 0 Å². The van der Waals surface area contributed by atoms with Crippen LogP contribution >= 0.6 is 0 Å². The van der Waals surface area contributed by atoms with Crippen LogP contribution in [0.15, 0.2) is 0 Å². The summed E-state index contributed by atoms with van der Waals surface area (Å²) in [6.07, 6.45) is -4.75. The van der Waals surface area contributed by atoms with Gasteiger partial charge in [-0.25, -0.2) is 0 Å². The largest absolute Gasteiger partial charge is 0.463 e. The molecule has 0 aromatic carbocycles. The van der Waals surface area contributed by atoms with E-state index < -0.39 is 24.0 Å². The molecule has 3 nitrogen and oxygen atoms in total. The van der Waals surface area contributed by atoms with Gasteiger partial charge in [0.25, 0.3) is 0 Å². The molecule has 1 rings (SSSR count). The molecule has 1 saturated heterocycles. The number of hydrogen-bond donors (Lipinski definition) is 0. The average molecular weight is 274 g/mol. The van der Waals surface area contributed by atoms with Gasteiger partial charge in [-0.2, -0.15) is 22.0 Å². The number of hydrogen-bond acceptors (Lipinski definition) is 2. The van der Waals surface area contributed by atoms with Crippen molar-refractivity contribution in [2.45, 2.75) is 31.0 Å². The maximum atomic E-state index is 12.9. The first-order valence-electron chi connectivity index (χ1n) is 5.47. The van der Waals surface area contributed by atoms with Crippen molar-refractivity contribution in [2.75, 3.05) is 27.2 Å². The van der Waals surface area contributed by atoms with Crippen molar-refractivity contribution in [3.63, 3.8) is 0 Å². The number of likely N-dealkylation sites (N-methyl/N-ethyl adjacent to an activating group) is 2. The molecule has 1 unspecified atom stereocenters. The molecule has 1 fully saturated rings. The average Bonchev–Trinajstić information content (AvgIpc) is 2.25. The molecule has 1 aliphatic rings. The summed E-state index contributed by atoms with van der Waals surface area (Å²) in [5, 5.41) is 0. The first-order chi connectivity index (χ1) is 8.07. The molecule has 1 amide bonds. The summed E-state index contributed by atoms with van der Waals surface area (Å²) in [6, 6.07) is -0.607. The van der Waals surface area contributed by atoms with Gasteiger partial charge < -0.3 is 9.80 Å². The summed E-state index contributed by atoms with van der Waals surface area (Å²) < 4.78 is 62.0. The van der Waals surface area contributed by atoms with Crippen LogP contribution in [-0.4, -0.2) is 61.0 Å². The third-order valence-electron chi connectivity index (χ3n) is 3.09. The second-order valence-corrected chi connectivity index (χ2v) is 4.55. The highest BCUT2D eigenvalue weighted by molar-refractivity contribution is 5.84. The highest BCUT2D eigenvalue weighted by atomic mass is 19.4. The van der Waals surface area contributed by atoms with E-state index in [-0.39, 0.29) is 0 Å². The van der Waals surface area contributed by atoms with E-state index >= 15 is 0 Å². The molecule has 1 aliphatic heterocycles. The second-order valence-electron chi connectivity index (χ2n) is 4.55. The standard InChI is InChI=1S/C10H15F5N2O/c1-16-5-3-4-7(6-16)17(2)8(18)9(11,12)10(13,14)15/h7H,3-6H2,1-2H3. The fraction of sp³-hybridized carbons (Fsp3) is 0.900. The quantitative estimate of drug-likeness (QED) is 0.716. The number of carbonyl (C=O) groups excluding carboxylic acids is 1. The van der Waals surface area contributed by atoms with E-state index in [0.29, 0.717) is 24.3 Å². The number of alkyl halides is 5. The van der Waals surface area contributed by atoms with E-state index in [0.717, 1.165) is 13.6 Å². The van der Waals surface area contributed by atoms with Gasteiger partial charge in [0, 0.05) is 19.6 Å². The van der Waals surface area contributed by atoms with Crippen LogP contribution in [0, 0.1) is 0 Å². The molecular weight excluding hydrogens is 259 g/mol. The minimum atomic E-state index is -5.85. The maximum absolute atomic E-state index is 12.9. The summed E-state index contributed by atoms with van der Waals surface area (Å²) in [7, 11) is 2.72. The van der Waals surface area contributed by atoms with E-state index in [1.807, 2.05) is 0 Å². The van der Waals surface area contributed by atoms with E-state index in [4.69, 9.17) is 0 Å². The van der Waals surface area contributed by atoms with Gasteiger partial charge in [-0.3, -0.25) is 4.79 Å². The van der Waals surface area contributed by atoms with E-state index in [1.165, 1.54) is 0 Å². The predicted molar refractivity (Wildman–Crippen MR) is 54.3 cm³/mol. The van der Waals surface area contributed by atoms with Crippen molar-refractivity contribution >= 4 is 5.91 Å². The van der Waals surface area contributed by atoms with Gasteiger partial charge in [-0.05, 0) is 26.4 Å². The lowest BCUT2D eigenvalue weighted by Gasteiger charge is -2.37. The van der Waals surface area contributed by atoms with Crippen LogP contribution < -0.4 is 0 Å². The molecule has 0 bridgehead atoms. The van der Waals surface area contributed by atoms with Gasteiger partial charge in [-0.1, -0.05) is 0 Å². The van der Waals surface area contributed by atoms with Gasteiger partial charge in [0.15, 0.2) is 0 Å². The van der Waals surface area contributed by atoms with Crippen molar-refractivity contribution < 1.29 is 26.7 Å². The third kappa shape index (κ3) is 2.90. The fourth-order valence-corrected chi connectivity index (χ4v) is 1.96. The third-order valence-corrected chi connectivity index (χ3v) is 3.09. The van der Waals surface area contributed by atoms with Crippen LogP contribution in [0.4, 0.5) is 22.0 Å². The number of nitrogens with zero attached hydrogens (tertiary/aromatic N) is 2. The summed E-state index contributed by atoms with van der Waals surface area (Å²) in [6.45, 7) is 1.05. The summed E-state index contributed by atoms with van der Waals surface area (Å²) in [5.41, 5.74) is 0. The molecule has 1 heterocycles. The Hall–Kier alpha value is -0.920. The van der Waals surface area contributed by atoms with Crippen molar-refractivity contribution in [3.8, 4) is 0 Å². The van der Waals surface area contributed by atoms with Gasteiger partial charge in [0.05, 0.1) is 0 Å². The van der Waals surface area contributed by atoms with E-state index in [9.17, 15) is 26.7 Å². The Morgan fingerprint density at radius 3 is 2.28 bits per heavy atom. The molecule has 8 heteroatoms. The number of rotatable bonds is 2. The predicted octanol–water partition coefficient (Wildman–Crippen LogP) is 1.74. The summed E-state index contributed by atoms with van der Waals surface area (Å²) >= 11 is 0. The Morgan fingerprint density at radius 1 is 1.28 bits per heavy atom. The molecule has 18 heavy (non-hydrogen) atoms. The van der Waals surface area contributed by atoms with Gasteiger partial charge in [0.1, 0.15) is 0 Å². The lowest BCUT2D eigenvalue weighted by atomic mass is 10.0. The van der Waals surface area contributed by atoms with Gasteiger partial charge in [0.2, 0.25) is 0 Å². The monoisotopic (exact) mass is 274 g/mol. The molecule has 0 saturated carbocycles.